The smallest absolute Gasteiger partial charge is 0.127 e. The van der Waals surface area contributed by atoms with Crippen molar-refractivity contribution in [2.45, 2.75) is 33.0 Å². The Morgan fingerprint density at radius 1 is 1.27 bits per heavy atom. The van der Waals surface area contributed by atoms with Gasteiger partial charge in [0, 0.05) is 10.6 Å². The zero-order chi connectivity index (χ0) is 11.5. The molecule has 0 fully saturated rings. The van der Waals surface area contributed by atoms with E-state index < -0.39 is 8.07 Å². The van der Waals surface area contributed by atoms with Gasteiger partial charge in [-0.3, -0.25) is 0 Å². The van der Waals surface area contributed by atoms with E-state index in [0.717, 1.165) is 17.0 Å². The van der Waals surface area contributed by atoms with Gasteiger partial charge >= 0.3 is 0 Å². The van der Waals surface area contributed by atoms with Crippen LogP contribution in [0.1, 0.15) is 18.1 Å². The van der Waals surface area contributed by atoms with E-state index in [1.807, 2.05) is 6.07 Å². The molecule has 1 rings (SSSR count). The van der Waals surface area contributed by atoms with Crippen molar-refractivity contribution in [3.8, 4) is 11.5 Å². The maximum Gasteiger partial charge on any atom is 0.129 e. The van der Waals surface area contributed by atoms with Crippen LogP contribution in [0.25, 0.3) is 0 Å². The topological polar surface area (TPSA) is 0 Å². The molecule has 1 aromatic rings. The van der Waals surface area contributed by atoms with E-state index in [9.17, 15) is 0 Å². The maximum atomic E-state index is 6.12. The molecule has 0 heterocycles. The lowest BCUT2D eigenvalue weighted by molar-refractivity contribution is 1.14. The fourth-order valence-corrected chi connectivity index (χ4v) is 2.00. The van der Waals surface area contributed by atoms with Crippen LogP contribution < -0.4 is 0 Å². The fraction of sp³-hybridized carbons (Fsp3) is 0.385. The first-order valence-corrected chi connectivity index (χ1v) is 9.12. The highest BCUT2D eigenvalue weighted by atomic mass is 35.5. The summed E-state index contributed by atoms with van der Waals surface area (Å²) in [6.07, 6.45) is 0.973. The van der Waals surface area contributed by atoms with Crippen molar-refractivity contribution in [1.29, 1.82) is 0 Å². The molecule has 0 aromatic heterocycles. The van der Waals surface area contributed by atoms with Gasteiger partial charge < -0.3 is 0 Å². The monoisotopic (exact) mass is 236 g/mol. The average Bonchev–Trinajstić information content (AvgIpc) is 2.14. The Balaban J connectivity index is 2.97. The highest BCUT2D eigenvalue weighted by Gasteiger charge is 2.07. The number of rotatable bonds is 1. The minimum absolute atomic E-state index is 0.833. The standard InChI is InChI=1S/C13H17ClSi/c1-5-12-7-6-11(10-13(12)14)8-9-15(2,3)4/h6-7,10H,5H2,1-4H3. The molecule has 0 bridgehead atoms. The van der Waals surface area contributed by atoms with Crippen LogP contribution in [0.3, 0.4) is 0 Å². The molecule has 0 amide bonds. The van der Waals surface area contributed by atoms with E-state index in [0.29, 0.717) is 0 Å². The van der Waals surface area contributed by atoms with E-state index in [-0.39, 0.29) is 0 Å². The van der Waals surface area contributed by atoms with Gasteiger partial charge in [0.2, 0.25) is 0 Å². The molecule has 0 saturated carbocycles. The lowest BCUT2D eigenvalue weighted by Crippen LogP contribution is -2.16. The molecule has 0 spiro atoms. The minimum Gasteiger partial charge on any atom is -0.127 e. The van der Waals surface area contributed by atoms with Gasteiger partial charge in [-0.2, -0.15) is 0 Å². The summed E-state index contributed by atoms with van der Waals surface area (Å²) in [5.74, 6) is 3.20. The molecule has 0 aliphatic rings. The zero-order valence-corrected chi connectivity index (χ0v) is 11.6. The summed E-state index contributed by atoms with van der Waals surface area (Å²) in [6.45, 7) is 8.82. The molecule has 0 N–H and O–H groups in total. The maximum absolute atomic E-state index is 6.12. The molecule has 0 aliphatic carbocycles. The number of halogens is 1. The summed E-state index contributed by atoms with van der Waals surface area (Å²) in [7, 11) is -1.28. The Hall–Kier alpha value is -0.713. The second-order valence-corrected chi connectivity index (χ2v) is 9.82. The fourth-order valence-electron chi connectivity index (χ4n) is 1.17. The molecule has 80 valence electrons. The predicted molar refractivity (Wildman–Crippen MR) is 71.1 cm³/mol. The lowest BCUT2D eigenvalue weighted by atomic mass is 10.1. The SMILES string of the molecule is CCc1ccc(C#C[Si](C)(C)C)cc1Cl. The molecule has 1 aromatic carbocycles. The first-order valence-electron chi connectivity index (χ1n) is 5.24. The Bertz CT molecular complexity index is 405. The van der Waals surface area contributed by atoms with Crippen LogP contribution in [-0.2, 0) is 6.42 Å². The third-order valence-corrected chi connectivity index (χ3v) is 3.24. The van der Waals surface area contributed by atoms with E-state index >= 15 is 0 Å². The third-order valence-electron chi connectivity index (χ3n) is 2.02. The van der Waals surface area contributed by atoms with Crippen molar-refractivity contribution in [3.05, 3.63) is 34.3 Å². The van der Waals surface area contributed by atoms with Crippen LogP contribution in [0.4, 0.5) is 0 Å². The average molecular weight is 237 g/mol. The molecule has 0 unspecified atom stereocenters. The van der Waals surface area contributed by atoms with Crippen molar-refractivity contribution in [3.63, 3.8) is 0 Å². The molecule has 15 heavy (non-hydrogen) atoms. The van der Waals surface area contributed by atoms with Gasteiger partial charge in [-0.25, -0.2) is 0 Å². The summed E-state index contributed by atoms with van der Waals surface area (Å²) in [5, 5.41) is 0.833. The molecule has 0 nitrogen and oxygen atoms in total. The highest BCUT2D eigenvalue weighted by Crippen LogP contribution is 2.17. The highest BCUT2D eigenvalue weighted by molar-refractivity contribution is 6.83. The van der Waals surface area contributed by atoms with Gasteiger partial charge in [-0.05, 0) is 24.1 Å². The van der Waals surface area contributed by atoms with Crippen LogP contribution in [0.2, 0.25) is 24.7 Å². The van der Waals surface area contributed by atoms with E-state index in [4.69, 9.17) is 11.6 Å². The lowest BCUT2D eigenvalue weighted by Gasteiger charge is -2.04. The van der Waals surface area contributed by atoms with Gasteiger partial charge in [0.25, 0.3) is 0 Å². The summed E-state index contributed by atoms with van der Waals surface area (Å²) in [4.78, 5) is 0. The van der Waals surface area contributed by atoms with Crippen LogP contribution in [-0.4, -0.2) is 8.07 Å². The molecule has 0 saturated heterocycles. The second-order valence-electron chi connectivity index (χ2n) is 4.66. The number of hydrogen-bond acceptors (Lipinski definition) is 0. The van der Waals surface area contributed by atoms with Crippen LogP contribution in [0.15, 0.2) is 18.2 Å². The summed E-state index contributed by atoms with van der Waals surface area (Å²) < 4.78 is 0. The van der Waals surface area contributed by atoms with Crippen LogP contribution in [0, 0.1) is 11.5 Å². The number of aryl methyl sites for hydroxylation is 1. The van der Waals surface area contributed by atoms with Gasteiger partial charge in [0.15, 0.2) is 0 Å². The summed E-state index contributed by atoms with van der Waals surface area (Å²) >= 11 is 6.12. The predicted octanol–water partition coefficient (Wildman–Crippen LogP) is 4.13. The van der Waals surface area contributed by atoms with Gasteiger partial charge in [-0.15, -0.1) is 5.54 Å². The molecular weight excluding hydrogens is 220 g/mol. The summed E-state index contributed by atoms with van der Waals surface area (Å²) in [5.41, 5.74) is 5.55. The van der Waals surface area contributed by atoms with Crippen molar-refractivity contribution in [2.75, 3.05) is 0 Å². The number of hydrogen-bond donors (Lipinski definition) is 0. The molecule has 0 aliphatic heterocycles. The Kier molecular flexibility index (Phi) is 4.02. The zero-order valence-electron chi connectivity index (χ0n) is 9.82. The van der Waals surface area contributed by atoms with E-state index in [2.05, 4.69) is 50.2 Å². The first kappa shape index (κ1) is 12.4. The minimum atomic E-state index is -1.28. The van der Waals surface area contributed by atoms with Crippen molar-refractivity contribution in [1.82, 2.24) is 0 Å². The third kappa shape index (κ3) is 4.11. The van der Waals surface area contributed by atoms with Crippen molar-refractivity contribution < 1.29 is 0 Å². The molecular formula is C13H17ClSi. The van der Waals surface area contributed by atoms with Crippen molar-refractivity contribution >= 4 is 19.7 Å². The first-order chi connectivity index (χ1) is 6.92. The van der Waals surface area contributed by atoms with Crippen LogP contribution >= 0.6 is 11.6 Å². The van der Waals surface area contributed by atoms with E-state index in [1.54, 1.807) is 0 Å². The summed E-state index contributed by atoms with van der Waals surface area (Å²) in [6, 6.07) is 6.09. The van der Waals surface area contributed by atoms with Gasteiger partial charge in [-0.1, -0.05) is 50.2 Å². The van der Waals surface area contributed by atoms with E-state index in [1.165, 1.54) is 5.56 Å². The molecule has 2 heteroatoms. The van der Waals surface area contributed by atoms with Crippen LogP contribution in [0.5, 0.6) is 0 Å². The second kappa shape index (κ2) is 4.87. The largest absolute Gasteiger partial charge is 0.129 e. The quantitative estimate of drug-likeness (QED) is 0.508. The van der Waals surface area contributed by atoms with Gasteiger partial charge in [0.1, 0.15) is 8.07 Å². The Morgan fingerprint density at radius 3 is 2.40 bits per heavy atom. The Labute approximate surface area is 98.7 Å². The normalized spacial score (nSPS) is 10.7. The number of benzene rings is 1. The Morgan fingerprint density at radius 2 is 1.93 bits per heavy atom. The van der Waals surface area contributed by atoms with Gasteiger partial charge in [0.05, 0.1) is 0 Å². The molecule has 0 atom stereocenters. The molecule has 0 radical (unpaired) electrons. The van der Waals surface area contributed by atoms with Crippen molar-refractivity contribution in [2.24, 2.45) is 0 Å².